The molecule has 1 aromatic rings. The summed E-state index contributed by atoms with van der Waals surface area (Å²) < 4.78 is 11.4. The van der Waals surface area contributed by atoms with Crippen LogP contribution in [0.1, 0.15) is 27.2 Å². The second-order valence-corrected chi connectivity index (χ2v) is 7.90. The molecule has 1 fully saturated rings. The van der Waals surface area contributed by atoms with Crippen LogP contribution in [-0.4, -0.2) is 50.4 Å². The first-order chi connectivity index (χ1) is 12.2. The number of nitrogens with one attached hydrogen (secondary N) is 2. The molecule has 26 heavy (non-hydrogen) atoms. The third kappa shape index (κ3) is 6.84. The topological polar surface area (TPSA) is 79.9 Å². The molecule has 2 N–H and O–H groups in total. The number of rotatable bonds is 5. The van der Waals surface area contributed by atoms with Crippen LogP contribution in [0, 0.1) is 0 Å². The van der Waals surface area contributed by atoms with E-state index in [9.17, 15) is 9.59 Å². The van der Waals surface area contributed by atoms with Crippen molar-refractivity contribution in [1.82, 2.24) is 5.32 Å². The average molecular weight is 428 g/mol. The molecule has 0 saturated carbocycles. The fraction of sp³-hybridized carbons (Fsp3) is 0.556. The number of benzene rings is 1. The van der Waals surface area contributed by atoms with E-state index in [2.05, 4.69) is 31.5 Å². The lowest BCUT2D eigenvalue weighted by Gasteiger charge is -2.30. The highest BCUT2D eigenvalue weighted by Gasteiger charge is 2.18. The van der Waals surface area contributed by atoms with Gasteiger partial charge in [-0.1, -0.05) is 15.9 Å². The van der Waals surface area contributed by atoms with Gasteiger partial charge in [-0.25, -0.2) is 4.79 Å². The SMILES string of the molecule is CC(C)(C)OC(=O)NCCC(=O)Nc1cc(Br)ccc1N1CCOCC1. The van der Waals surface area contributed by atoms with Crippen molar-refractivity contribution in [1.29, 1.82) is 0 Å². The number of nitrogens with zero attached hydrogens (tertiary/aromatic N) is 1. The van der Waals surface area contributed by atoms with Gasteiger partial charge >= 0.3 is 6.09 Å². The van der Waals surface area contributed by atoms with Crippen molar-refractivity contribution in [3.05, 3.63) is 22.7 Å². The molecule has 0 atom stereocenters. The molecule has 2 rings (SSSR count). The maximum absolute atomic E-state index is 12.3. The first-order valence-corrected chi connectivity index (χ1v) is 9.43. The number of alkyl carbamates (subject to hydrolysis) is 1. The molecule has 1 aliphatic heterocycles. The van der Waals surface area contributed by atoms with Crippen LogP contribution < -0.4 is 15.5 Å². The summed E-state index contributed by atoms with van der Waals surface area (Å²) in [5.41, 5.74) is 1.14. The van der Waals surface area contributed by atoms with Crippen molar-refractivity contribution in [2.24, 2.45) is 0 Å². The van der Waals surface area contributed by atoms with E-state index >= 15 is 0 Å². The minimum Gasteiger partial charge on any atom is -0.444 e. The number of halogens is 1. The van der Waals surface area contributed by atoms with E-state index in [0.29, 0.717) is 13.2 Å². The van der Waals surface area contributed by atoms with Crippen LogP contribution in [-0.2, 0) is 14.3 Å². The Labute approximate surface area is 162 Å². The number of carbonyl (C=O) groups is 2. The molecule has 0 unspecified atom stereocenters. The molecule has 1 aliphatic rings. The molecule has 0 spiro atoms. The highest BCUT2D eigenvalue weighted by Crippen LogP contribution is 2.30. The van der Waals surface area contributed by atoms with Crippen molar-refractivity contribution in [3.63, 3.8) is 0 Å². The number of hydrogen-bond donors (Lipinski definition) is 2. The Morgan fingerprint density at radius 3 is 2.62 bits per heavy atom. The zero-order valence-electron chi connectivity index (χ0n) is 15.4. The molecule has 0 aromatic heterocycles. The standard InChI is InChI=1S/C18H26BrN3O4/c1-18(2,3)26-17(24)20-7-6-16(23)21-14-12-13(19)4-5-15(14)22-8-10-25-11-9-22/h4-5,12H,6-11H2,1-3H3,(H,20,24)(H,21,23). The van der Waals surface area contributed by atoms with Crippen LogP contribution in [0.4, 0.5) is 16.2 Å². The monoisotopic (exact) mass is 427 g/mol. The van der Waals surface area contributed by atoms with Gasteiger partial charge in [0.1, 0.15) is 5.60 Å². The average Bonchev–Trinajstić information content (AvgIpc) is 2.54. The fourth-order valence-corrected chi connectivity index (χ4v) is 2.85. The van der Waals surface area contributed by atoms with E-state index < -0.39 is 11.7 Å². The molecule has 0 bridgehead atoms. The summed E-state index contributed by atoms with van der Waals surface area (Å²) >= 11 is 3.44. The summed E-state index contributed by atoms with van der Waals surface area (Å²) in [6.45, 7) is 8.49. The zero-order valence-corrected chi connectivity index (χ0v) is 17.0. The molecular weight excluding hydrogens is 402 g/mol. The van der Waals surface area contributed by atoms with Gasteiger partial charge in [0.2, 0.25) is 5.91 Å². The van der Waals surface area contributed by atoms with Crippen molar-refractivity contribution >= 4 is 39.3 Å². The van der Waals surface area contributed by atoms with Crippen molar-refractivity contribution in [2.45, 2.75) is 32.8 Å². The maximum atomic E-state index is 12.3. The van der Waals surface area contributed by atoms with Gasteiger partial charge in [-0.2, -0.15) is 0 Å². The number of amides is 2. The molecule has 0 aliphatic carbocycles. The summed E-state index contributed by atoms with van der Waals surface area (Å²) in [4.78, 5) is 26.1. The summed E-state index contributed by atoms with van der Waals surface area (Å²) in [6.07, 6.45) is -0.365. The van der Waals surface area contributed by atoms with Crippen molar-refractivity contribution in [3.8, 4) is 0 Å². The van der Waals surface area contributed by atoms with Gasteiger partial charge in [0.05, 0.1) is 24.6 Å². The quantitative estimate of drug-likeness (QED) is 0.754. The van der Waals surface area contributed by atoms with Gasteiger partial charge < -0.3 is 25.0 Å². The van der Waals surface area contributed by atoms with Gasteiger partial charge in [-0.05, 0) is 39.0 Å². The molecule has 2 amide bonds. The largest absolute Gasteiger partial charge is 0.444 e. The van der Waals surface area contributed by atoms with Gasteiger partial charge in [0.25, 0.3) is 0 Å². The predicted molar refractivity (Wildman–Crippen MR) is 105 cm³/mol. The first-order valence-electron chi connectivity index (χ1n) is 8.63. The molecule has 1 saturated heterocycles. The van der Waals surface area contributed by atoms with Gasteiger partial charge in [-0.15, -0.1) is 0 Å². The second-order valence-electron chi connectivity index (χ2n) is 6.99. The molecule has 8 heteroatoms. The van der Waals surface area contributed by atoms with E-state index in [-0.39, 0.29) is 18.9 Å². The summed E-state index contributed by atoms with van der Waals surface area (Å²) in [7, 11) is 0. The smallest absolute Gasteiger partial charge is 0.407 e. The molecular formula is C18H26BrN3O4. The Morgan fingerprint density at radius 2 is 1.96 bits per heavy atom. The lowest BCUT2D eigenvalue weighted by Crippen LogP contribution is -2.37. The van der Waals surface area contributed by atoms with Crippen LogP contribution in [0.5, 0.6) is 0 Å². The van der Waals surface area contributed by atoms with Crippen LogP contribution in [0.2, 0.25) is 0 Å². The number of hydrogen-bond acceptors (Lipinski definition) is 5. The van der Waals surface area contributed by atoms with Crippen LogP contribution >= 0.6 is 15.9 Å². The highest BCUT2D eigenvalue weighted by atomic mass is 79.9. The normalized spacial score (nSPS) is 14.7. The Balaban J connectivity index is 1.90. The number of morpholine rings is 1. The minimum absolute atomic E-state index is 0.161. The number of anilines is 2. The van der Waals surface area contributed by atoms with Crippen LogP contribution in [0.3, 0.4) is 0 Å². The lowest BCUT2D eigenvalue weighted by molar-refractivity contribution is -0.116. The molecule has 0 radical (unpaired) electrons. The molecule has 1 aromatic carbocycles. The van der Waals surface area contributed by atoms with E-state index in [4.69, 9.17) is 9.47 Å². The van der Waals surface area contributed by atoms with Gasteiger partial charge in [0.15, 0.2) is 0 Å². The molecule has 1 heterocycles. The second kappa shape index (κ2) is 9.23. The van der Waals surface area contributed by atoms with E-state index in [1.807, 2.05) is 18.2 Å². The fourth-order valence-electron chi connectivity index (χ4n) is 2.49. The van der Waals surface area contributed by atoms with Crippen LogP contribution in [0.25, 0.3) is 0 Å². The summed E-state index contributed by atoms with van der Waals surface area (Å²) in [5, 5.41) is 5.51. The number of carbonyl (C=O) groups excluding carboxylic acids is 2. The Morgan fingerprint density at radius 1 is 1.27 bits per heavy atom. The third-order valence-corrected chi connectivity index (χ3v) is 4.10. The predicted octanol–water partition coefficient (Wildman–Crippen LogP) is 3.14. The van der Waals surface area contributed by atoms with E-state index in [0.717, 1.165) is 28.9 Å². The van der Waals surface area contributed by atoms with Crippen LogP contribution in [0.15, 0.2) is 22.7 Å². The zero-order chi connectivity index (χ0) is 19.2. The van der Waals surface area contributed by atoms with Crippen molar-refractivity contribution < 1.29 is 19.1 Å². The highest BCUT2D eigenvalue weighted by molar-refractivity contribution is 9.10. The van der Waals surface area contributed by atoms with Crippen molar-refractivity contribution in [2.75, 3.05) is 43.1 Å². The maximum Gasteiger partial charge on any atom is 0.407 e. The van der Waals surface area contributed by atoms with Gasteiger partial charge in [-0.3, -0.25) is 4.79 Å². The van der Waals surface area contributed by atoms with Gasteiger partial charge in [0, 0.05) is 30.5 Å². The lowest BCUT2D eigenvalue weighted by atomic mass is 10.2. The molecule has 7 nitrogen and oxygen atoms in total. The summed E-state index contributed by atoms with van der Waals surface area (Å²) in [6, 6.07) is 5.80. The first kappa shape index (κ1) is 20.5. The summed E-state index contributed by atoms with van der Waals surface area (Å²) in [5.74, 6) is -0.173. The van der Waals surface area contributed by atoms with E-state index in [1.54, 1.807) is 20.8 Å². The Hall–Kier alpha value is -1.80. The molecule has 144 valence electrons. The number of ether oxygens (including phenoxy) is 2. The Bertz CT molecular complexity index is 640. The van der Waals surface area contributed by atoms with E-state index in [1.165, 1.54) is 0 Å². The Kier molecular flexibility index (Phi) is 7.28. The third-order valence-electron chi connectivity index (χ3n) is 3.60. The minimum atomic E-state index is -0.560.